The summed E-state index contributed by atoms with van der Waals surface area (Å²) in [6.07, 6.45) is -2.59. The number of hydrogen-bond donors (Lipinski definition) is 9. The van der Waals surface area contributed by atoms with Gasteiger partial charge < -0.3 is 50.8 Å². The van der Waals surface area contributed by atoms with Gasteiger partial charge in [-0.1, -0.05) is 49.3 Å². The number of carbonyl (C=O) groups excluding carboxylic acids is 4. The highest BCUT2D eigenvalue weighted by Gasteiger charge is 2.33. The minimum absolute atomic E-state index is 0.0699. The van der Waals surface area contributed by atoms with Crippen molar-refractivity contribution in [3.63, 3.8) is 0 Å². The van der Waals surface area contributed by atoms with Gasteiger partial charge in [0.25, 0.3) is 0 Å². The van der Waals surface area contributed by atoms with Crippen molar-refractivity contribution in [1.82, 2.24) is 21.3 Å². The van der Waals surface area contributed by atoms with Crippen LogP contribution in [0.3, 0.4) is 0 Å². The van der Waals surface area contributed by atoms with E-state index >= 15 is 0 Å². The zero-order valence-electron chi connectivity index (χ0n) is 23.1. The summed E-state index contributed by atoms with van der Waals surface area (Å²) in [5.41, 5.74) is -1.94. The van der Waals surface area contributed by atoms with Crippen molar-refractivity contribution in [3.8, 4) is 0 Å². The van der Waals surface area contributed by atoms with E-state index in [-0.39, 0.29) is 51.0 Å². The second-order valence-corrected chi connectivity index (χ2v) is 12.9. The summed E-state index contributed by atoms with van der Waals surface area (Å²) >= 11 is -2.86. The molecule has 0 aromatic rings. The Labute approximate surface area is 244 Å². The monoisotopic (exact) mass is 635 g/mol. The first-order chi connectivity index (χ1) is 18.5. The van der Waals surface area contributed by atoms with Crippen molar-refractivity contribution in [2.75, 3.05) is 50.9 Å². The molecule has 4 amide bonds. The maximum absolute atomic E-state index is 11.8. The van der Waals surface area contributed by atoms with Crippen LogP contribution in [-0.2, 0) is 30.5 Å². The van der Waals surface area contributed by atoms with Gasteiger partial charge in [-0.25, -0.2) is 4.21 Å². The van der Waals surface area contributed by atoms with Crippen LogP contribution < -0.4 is 21.3 Å². The van der Waals surface area contributed by atoms with Crippen LogP contribution in [-0.4, -0.2) is 120 Å². The van der Waals surface area contributed by atoms with E-state index in [1.807, 2.05) is 0 Å². The Morgan fingerprint density at radius 1 is 0.725 bits per heavy atom. The van der Waals surface area contributed by atoms with Gasteiger partial charge in [0.05, 0.1) is 24.6 Å². The average Bonchev–Trinajstić information content (AvgIpc) is 2.88. The summed E-state index contributed by atoms with van der Waals surface area (Å²) in [6, 6.07) is 0. The SMILES string of the molecule is CC(C)(CO)C(O)C(=O)NCCC(=O)NCCSSCCNC(=O)CCNC(=O)C(O)C(C)(C)CO.O=S([O-])O. The largest absolute Gasteiger partial charge is 0.750 e. The number of carbonyl (C=O) groups is 4. The Balaban J connectivity index is 0. The maximum atomic E-state index is 11.8. The van der Waals surface area contributed by atoms with Gasteiger partial charge in [0.1, 0.15) is 12.2 Å². The third kappa shape index (κ3) is 20.4. The van der Waals surface area contributed by atoms with Crippen LogP contribution in [0.15, 0.2) is 0 Å². The van der Waals surface area contributed by atoms with Gasteiger partial charge >= 0.3 is 0 Å². The summed E-state index contributed by atoms with van der Waals surface area (Å²) in [4.78, 5) is 47.3. The standard InChI is InChI=1S/C22H42N4O8S2.H2O3S/c1-21(2,13-27)17(31)19(33)25-7-5-15(29)23-9-11-35-36-12-10-24-16(30)6-8-26-20(34)18(32)22(3,4)14-28;1-4(2)3/h17-18,27-28,31-32H,5-14H2,1-4H3,(H,23,29)(H,24,30)(H,25,33)(H,26,34);(H2,1,2,3)/p-1. The van der Waals surface area contributed by atoms with Crippen LogP contribution in [0.1, 0.15) is 40.5 Å². The maximum Gasteiger partial charge on any atom is 0.249 e. The predicted octanol–water partition coefficient (Wildman–Crippen LogP) is -2.29. The van der Waals surface area contributed by atoms with Crippen LogP contribution in [0.4, 0.5) is 0 Å². The van der Waals surface area contributed by atoms with Crippen molar-refractivity contribution < 1.29 is 52.9 Å². The molecule has 0 bridgehead atoms. The van der Waals surface area contributed by atoms with Crippen molar-refractivity contribution >= 4 is 56.6 Å². The molecule has 0 aromatic carbocycles. The molecule has 0 saturated heterocycles. The van der Waals surface area contributed by atoms with Crippen LogP contribution >= 0.6 is 21.6 Å². The number of aliphatic hydroxyl groups excluding tert-OH is 4. The zero-order valence-corrected chi connectivity index (χ0v) is 25.6. The lowest BCUT2D eigenvalue weighted by atomic mass is 9.87. The van der Waals surface area contributed by atoms with Crippen LogP contribution in [0.5, 0.6) is 0 Å². The van der Waals surface area contributed by atoms with Crippen LogP contribution in [0.25, 0.3) is 0 Å². The van der Waals surface area contributed by atoms with Crippen molar-refractivity contribution in [2.24, 2.45) is 10.8 Å². The molecule has 0 aromatic heterocycles. The highest BCUT2D eigenvalue weighted by Crippen LogP contribution is 2.20. The molecule has 0 radical (unpaired) electrons. The minimum Gasteiger partial charge on any atom is -0.750 e. The molecule has 0 aliphatic heterocycles. The highest BCUT2D eigenvalue weighted by atomic mass is 33.1. The fraction of sp³-hybridized carbons (Fsp3) is 0.818. The van der Waals surface area contributed by atoms with Gasteiger partial charge in [-0.3, -0.25) is 19.2 Å². The van der Waals surface area contributed by atoms with Gasteiger partial charge in [0.15, 0.2) is 0 Å². The van der Waals surface area contributed by atoms with Gasteiger partial charge in [0, 0.05) is 61.4 Å². The van der Waals surface area contributed by atoms with Gasteiger partial charge in [-0.2, -0.15) is 0 Å². The van der Waals surface area contributed by atoms with Crippen molar-refractivity contribution in [2.45, 2.75) is 52.7 Å². The first-order valence-corrected chi connectivity index (χ1v) is 15.7. The minimum atomic E-state index is -2.86. The molecule has 40 heavy (non-hydrogen) atoms. The first-order valence-electron chi connectivity index (χ1n) is 12.2. The smallest absolute Gasteiger partial charge is 0.249 e. The van der Waals surface area contributed by atoms with E-state index in [1.54, 1.807) is 27.7 Å². The lowest BCUT2D eigenvalue weighted by Gasteiger charge is -2.27. The summed E-state index contributed by atoms with van der Waals surface area (Å²) < 4.78 is 24.1. The molecule has 0 heterocycles. The topological polar surface area (TPSA) is 258 Å². The normalized spacial score (nSPS) is 13.7. The summed E-state index contributed by atoms with van der Waals surface area (Å²) in [5, 5.41) is 48.5. The molecule has 3 unspecified atom stereocenters. The van der Waals surface area contributed by atoms with Gasteiger partial charge in [0.2, 0.25) is 23.6 Å². The summed E-state index contributed by atoms with van der Waals surface area (Å²) in [5.74, 6) is -0.428. The Morgan fingerprint density at radius 2 is 1.02 bits per heavy atom. The molecule has 0 aliphatic carbocycles. The average molecular weight is 636 g/mol. The van der Waals surface area contributed by atoms with Crippen LogP contribution in [0.2, 0.25) is 0 Å². The fourth-order valence-electron chi connectivity index (χ4n) is 2.43. The van der Waals surface area contributed by atoms with Crippen LogP contribution in [0, 0.1) is 10.8 Å². The van der Waals surface area contributed by atoms with E-state index in [9.17, 15) is 39.6 Å². The van der Waals surface area contributed by atoms with E-state index in [2.05, 4.69) is 21.3 Å². The Bertz CT molecular complexity index is 742. The number of hydrogen-bond acceptors (Lipinski definition) is 12. The molecule has 236 valence electrons. The predicted molar refractivity (Wildman–Crippen MR) is 151 cm³/mol. The lowest BCUT2D eigenvalue weighted by molar-refractivity contribution is -0.137. The number of aliphatic hydroxyl groups is 4. The van der Waals surface area contributed by atoms with Crippen molar-refractivity contribution in [3.05, 3.63) is 0 Å². The summed E-state index contributed by atoms with van der Waals surface area (Å²) in [7, 11) is 3.07. The quantitative estimate of drug-likeness (QED) is 0.0412. The second kappa shape index (κ2) is 22.1. The van der Waals surface area contributed by atoms with Crippen molar-refractivity contribution in [1.29, 1.82) is 0 Å². The van der Waals surface area contributed by atoms with E-state index in [4.69, 9.17) is 13.3 Å². The Kier molecular flexibility index (Phi) is 22.5. The summed E-state index contributed by atoms with van der Waals surface area (Å²) in [6.45, 7) is 6.59. The van der Waals surface area contributed by atoms with E-state index < -0.39 is 46.2 Å². The third-order valence-electron chi connectivity index (χ3n) is 5.19. The molecule has 0 rings (SSSR count). The number of amides is 4. The molecule has 0 fully saturated rings. The molecular formula is C22H43N4O11S3-. The molecule has 3 atom stereocenters. The second-order valence-electron chi connectivity index (χ2n) is 9.74. The Hall–Kier alpha value is -1.51. The van der Waals surface area contributed by atoms with Gasteiger partial charge in [-0.05, 0) is 0 Å². The van der Waals surface area contributed by atoms with E-state index in [0.717, 1.165) is 0 Å². The van der Waals surface area contributed by atoms with E-state index in [1.165, 1.54) is 21.6 Å². The molecule has 15 nitrogen and oxygen atoms in total. The van der Waals surface area contributed by atoms with Gasteiger partial charge in [-0.15, -0.1) is 0 Å². The molecular weight excluding hydrogens is 592 g/mol. The Morgan fingerprint density at radius 3 is 1.30 bits per heavy atom. The molecule has 0 spiro atoms. The number of nitrogens with one attached hydrogen (secondary N) is 4. The first kappa shape index (κ1) is 40.6. The lowest BCUT2D eigenvalue weighted by Crippen LogP contribution is -2.46. The molecule has 0 aliphatic rings. The molecule has 0 saturated carbocycles. The number of rotatable bonds is 19. The fourth-order valence-corrected chi connectivity index (χ4v) is 4.25. The molecule has 9 N–H and O–H groups in total. The van der Waals surface area contributed by atoms with E-state index in [0.29, 0.717) is 24.6 Å². The molecule has 18 heteroatoms. The third-order valence-corrected chi connectivity index (χ3v) is 7.60. The highest BCUT2D eigenvalue weighted by molar-refractivity contribution is 8.76. The zero-order chi connectivity index (χ0) is 31.4.